The highest BCUT2D eigenvalue weighted by Crippen LogP contribution is 2.12. The van der Waals surface area contributed by atoms with Gasteiger partial charge in [0.2, 0.25) is 5.91 Å². The Morgan fingerprint density at radius 2 is 2.18 bits per heavy atom. The lowest BCUT2D eigenvalue weighted by molar-refractivity contribution is -0.116. The number of amides is 1. The van der Waals surface area contributed by atoms with Crippen LogP contribution in [0.25, 0.3) is 0 Å². The van der Waals surface area contributed by atoms with Crippen LogP contribution in [0.1, 0.15) is 18.4 Å². The molecule has 1 N–H and O–H groups in total. The fourth-order valence-corrected chi connectivity index (χ4v) is 2.04. The van der Waals surface area contributed by atoms with Gasteiger partial charge in [-0.25, -0.2) is 0 Å². The first-order valence-corrected chi connectivity index (χ1v) is 6.33. The first-order valence-electron chi connectivity index (χ1n) is 5.34. The van der Waals surface area contributed by atoms with Crippen LogP contribution in [0, 0.1) is 0 Å². The molecule has 0 radical (unpaired) electrons. The Morgan fingerprint density at radius 3 is 2.82 bits per heavy atom. The van der Waals surface area contributed by atoms with Gasteiger partial charge in [-0.3, -0.25) is 4.79 Å². The number of nitrogens with zero attached hydrogens (tertiary/aromatic N) is 2. The molecule has 1 unspecified atom stereocenters. The molecule has 1 aliphatic heterocycles. The number of carbonyl (C=O) groups excluding carboxylic acids is 1. The van der Waals surface area contributed by atoms with Gasteiger partial charge in [-0.1, -0.05) is 49.0 Å². The molecule has 1 amide bonds. The molecule has 0 aliphatic carbocycles. The molecule has 0 aromatic heterocycles. The van der Waals surface area contributed by atoms with Crippen molar-refractivity contribution < 1.29 is 4.79 Å². The van der Waals surface area contributed by atoms with Gasteiger partial charge in [-0.05, 0) is 5.56 Å². The molecule has 2 rings (SSSR count). The molecule has 0 spiro atoms. The minimum atomic E-state index is -0.0138. The van der Waals surface area contributed by atoms with Crippen molar-refractivity contribution in [3.63, 3.8) is 0 Å². The van der Waals surface area contributed by atoms with E-state index < -0.39 is 0 Å². The standard InChI is InChI=1S/C12H13N3OS/c1-9(10-5-3-2-4-6-10)7-13-15-12-14-11(16)8-17-12/h2-7,9H,8H2,1H3,(H,14,15,16). The highest BCUT2D eigenvalue weighted by atomic mass is 32.2. The maximum Gasteiger partial charge on any atom is 0.236 e. The van der Waals surface area contributed by atoms with Crippen LogP contribution in [0.4, 0.5) is 0 Å². The van der Waals surface area contributed by atoms with Gasteiger partial charge in [0, 0.05) is 12.1 Å². The van der Waals surface area contributed by atoms with Crippen LogP contribution in [0.3, 0.4) is 0 Å². The summed E-state index contributed by atoms with van der Waals surface area (Å²) < 4.78 is 0. The van der Waals surface area contributed by atoms with Crippen LogP contribution in [-0.4, -0.2) is 23.0 Å². The monoisotopic (exact) mass is 247 g/mol. The van der Waals surface area contributed by atoms with Gasteiger partial charge in [0.25, 0.3) is 0 Å². The van der Waals surface area contributed by atoms with E-state index in [-0.39, 0.29) is 11.8 Å². The number of benzene rings is 1. The lowest BCUT2D eigenvalue weighted by atomic mass is 10.0. The molecular formula is C12H13N3OS. The van der Waals surface area contributed by atoms with Crippen LogP contribution in [-0.2, 0) is 4.79 Å². The van der Waals surface area contributed by atoms with E-state index in [1.54, 1.807) is 6.21 Å². The average molecular weight is 247 g/mol. The summed E-state index contributed by atoms with van der Waals surface area (Å²) in [6, 6.07) is 10.1. The molecule has 4 nitrogen and oxygen atoms in total. The van der Waals surface area contributed by atoms with Crippen molar-refractivity contribution in [2.75, 3.05) is 5.75 Å². The molecule has 1 atom stereocenters. The molecular weight excluding hydrogens is 234 g/mol. The second kappa shape index (κ2) is 5.63. The van der Waals surface area contributed by atoms with E-state index in [2.05, 4.69) is 34.6 Å². The summed E-state index contributed by atoms with van der Waals surface area (Å²) in [6.45, 7) is 2.05. The molecule has 1 fully saturated rings. The third-order valence-corrected chi connectivity index (χ3v) is 3.21. The second-order valence-electron chi connectivity index (χ2n) is 3.71. The van der Waals surface area contributed by atoms with Gasteiger partial charge in [0.1, 0.15) is 0 Å². The molecule has 5 heteroatoms. The number of hydrogen-bond donors (Lipinski definition) is 1. The summed E-state index contributed by atoms with van der Waals surface area (Å²) >= 11 is 1.37. The largest absolute Gasteiger partial charge is 0.303 e. The molecule has 1 aromatic rings. The lowest BCUT2D eigenvalue weighted by Crippen LogP contribution is -2.19. The number of thioether (sulfide) groups is 1. The van der Waals surface area contributed by atoms with Crippen molar-refractivity contribution in [1.82, 2.24) is 5.32 Å². The van der Waals surface area contributed by atoms with Crippen LogP contribution in [0.2, 0.25) is 0 Å². The molecule has 0 saturated carbocycles. The van der Waals surface area contributed by atoms with Gasteiger partial charge < -0.3 is 5.32 Å². The molecule has 88 valence electrons. The highest BCUT2D eigenvalue weighted by molar-refractivity contribution is 8.15. The van der Waals surface area contributed by atoms with Crippen molar-refractivity contribution in [3.05, 3.63) is 35.9 Å². The van der Waals surface area contributed by atoms with Crippen molar-refractivity contribution in [2.24, 2.45) is 10.2 Å². The average Bonchev–Trinajstić information content (AvgIpc) is 2.76. The Bertz CT molecular complexity index is 456. The Morgan fingerprint density at radius 1 is 1.41 bits per heavy atom. The maximum atomic E-state index is 10.9. The zero-order chi connectivity index (χ0) is 12.1. The number of hydrogen-bond acceptors (Lipinski definition) is 4. The normalized spacial score (nSPS) is 19.8. The van der Waals surface area contributed by atoms with Gasteiger partial charge in [-0.2, -0.15) is 5.10 Å². The smallest absolute Gasteiger partial charge is 0.236 e. The maximum absolute atomic E-state index is 10.9. The van der Waals surface area contributed by atoms with E-state index in [0.717, 1.165) is 0 Å². The topological polar surface area (TPSA) is 53.8 Å². The van der Waals surface area contributed by atoms with E-state index in [1.807, 2.05) is 18.2 Å². The number of rotatable bonds is 3. The van der Waals surface area contributed by atoms with Gasteiger partial charge in [0.05, 0.1) is 5.75 Å². The van der Waals surface area contributed by atoms with Crippen molar-refractivity contribution in [1.29, 1.82) is 0 Å². The van der Waals surface area contributed by atoms with Gasteiger partial charge in [0.15, 0.2) is 5.17 Å². The lowest BCUT2D eigenvalue weighted by Gasteiger charge is -2.03. The predicted octanol–water partition coefficient (Wildman–Crippen LogP) is 1.99. The third-order valence-electron chi connectivity index (χ3n) is 2.35. The number of amidine groups is 1. The second-order valence-corrected chi connectivity index (χ2v) is 4.67. The Kier molecular flexibility index (Phi) is 3.93. The van der Waals surface area contributed by atoms with Crippen molar-refractivity contribution in [3.8, 4) is 0 Å². The quantitative estimate of drug-likeness (QED) is 0.656. The van der Waals surface area contributed by atoms with Gasteiger partial charge in [-0.15, -0.1) is 5.10 Å². The summed E-state index contributed by atoms with van der Waals surface area (Å²) in [5.41, 5.74) is 1.19. The number of carbonyl (C=O) groups is 1. The summed E-state index contributed by atoms with van der Waals surface area (Å²) in [7, 11) is 0. The van der Waals surface area contributed by atoms with Crippen molar-refractivity contribution in [2.45, 2.75) is 12.8 Å². The molecule has 1 saturated heterocycles. The first kappa shape index (κ1) is 11.9. The van der Waals surface area contributed by atoms with E-state index >= 15 is 0 Å². The zero-order valence-corrected chi connectivity index (χ0v) is 10.3. The summed E-state index contributed by atoms with van der Waals surface area (Å²) in [4.78, 5) is 10.9. The SMILES string of the molecule is CC(C=NN=C1NC(=O)CS1)c1ccccc1. The fraction of sp³-hybridized carbons (Fsp3) is 0.250. The highest BCUT2D eigenvalue weighted by Gasteiger charge is 2.15. The van der Waals surface area contributed by atoms with Crippen LogP contribution >= 0.6 is 11.8 Å². The summed E-state index contributed by atoms with van der Waals surface area (Å²) in [6.07, 6.45) is 1.77. The zero-order valence-electron chi connectivity index (χ0n) is 9.46. The Hall–Kier alpha value is -1.62. The van der Waals surface area contributed by atoms with E-state index in [0.29, 0.717) is 10.9 Å². The van der Waals surface area contributed by atoms with Crippen molar-refractivity contribution >= 4 is 29.1 Å². The Balaban J connectivity index is 1.95. The minimum absolute atomic E-state index is 0.0138. The fourth-order valence-electron chi connectivity index (χ4n) is 1.41. The van der Waals surface area contributed by atoms with E-state index in [9.17, 15) is 4.79 Å². The summed E-state index contributed by atoms with van der Waals surface area (Å²) in [5.74, 6) is 0.630. The van der Waals surface area contributed by atoms with Crippen LogP contribution in [0.15, 0.2) is 40.5 Å². The number of nitrogens with one attached hydrogen (secondary N) is 1. The predicted molar refractivity (Wildman–Crippen MR) is 71.4 cm³/mol. The van der Waals surface area contributed by atoms with Crippen LogP contribution in [0.5, 0.6) is 0 Å². The van der Waals surface area contributed by atoms with Crippen LogP contribution < -0.4 is 5.32 Å². The van der Waals surface area contributed by atoms with E-state index in [4.69, 9.17) is 0 Å². The first-order chi connectivity index (χ1) is 8.25. The third kappa shape index (κ3) is 3.42. The molecule has 0 bridgehead atoms. The molecule has 17 heavy (non-hydrogen) atoms. The molecule has 1 aromatic carbocycles. The minimum Gasteiger partial charge on any atom is -0.303 e. The van der Waals surface area contributed by atoms with E-state index in [1.165, 1.54) is 17.3 Å². The molecule has 1 aliphatic rings. The van der Waals surface area contributed by atoms with Gasteiger partial charge >= 0.3 is 0 Å². The molecule has 1 heterocycles. The summed E-state index contributed by atoms with van der Waals surface area (Å²) in [5, 5.41) is 11.2. The Labute approximate surface area is 104 Å².